The van der Waals surface area contributed by atoms with E-state index in [-0.39, 0.29) is 36.3 Å². The van der Waals surface area contributed by atoms with Crippen LogP contribution in [0.15, 0.2) is 27.6 Å². The lowest BCUT2D eigenvalue weighted by atomic mass is 10.1. The predicted octanol–water partition coefficient (Wildman–Crippen LogP) is 4.07. The molecule has 0 aliphatic heterocycles. The number of oxazole rings is 1. The number of halogens is 3. The Bertz CT molecular complexity index is 746. The number of nitrogens with zero attached hydrogens (tertiary/aromatic N) is 2. The van der Waals surface area contributed by atoms with Crippen LogP contribution in [0.25, 0.3) is 0 Å². The van der Waals surface area contributed by atoms with E-state index in [0.717, 1.165) is 17.0 Å². The van der Waals surface area contributed by atoms with Gasteiger partial charge in [0.1, 0.15) is 11.5 Å². The highest BCUT2D eigenvalue weighted by Crippen LogP contribution is 2.22. The third kappa shape index (κ3) is 7.31. The summed E-state index contributed by atoms with van der Waals surface area (Å²) in [5.41, 5.74) is 2.38. The largest absolute Gasteiger partial charge is 0.444 e. The molecule has 0 spiro atoms. The third-order valence-corrected chi connectivity index (χ3v) is 3.66. The molecule has 0 unspecified atom stereocenters. The molecule has 0 aliphatic carbocycles. The van der Waals surface area contributed by atoms with Gasteiger partial charge in [-0.3, -0.25) is 0 Å². The van der Waals surface area contributed by atoms with Crippen molar-refractivity contribution in [2.45, 2.75) is 47.4 Å². The summed E-state index contributed by atoms with van der Waals surface area (Å²) in [4.78, 5) is 8.74. The first-order valence-corrected chi connectivity index (χ1v) is 8.38. The molecule has 27 heavy (non-hydrogen) atoms. The van der Waals surface area contributed by atoms with Crippen molar-refractivity contribution in [1.82, 2.24) is 15.6 Å². The Morgan fingerprint density at radius 3 is 2.59 bits per heavy atom. The van der Waals surface area contributed by atoms with Crippen LogP contribution in [0.5, 0.6) is 5.75 Å². The molecule has 2 rings (SSSR count). The van der Waals surface area contributed by atoms with E-state index >= 15 is 0 Å². The van der Waals surface area contributed by atoms with Gasteiger partial charge < -0.3 is 19.8 Å². The highest BCUT2D eigenvalue weighted by Gasteiger charge is 2.11. The number of benzene rings is 1. The van der Waals surface area contributed by atoms with Crippen molar-refractivity contribution in [3.05, 3.63) is 46.7 Å². The normalized spacial score (nSPS) is 11.3. The molecule has 0 atom stereocenters. The van der Waals surface area contributed by atoms with E-state index in [1.165, 1.54) is 6.07 Å². The molecule has 150 valence electrons. The fourth-order valence-corrected chi connectivity index (χ4v) is 2.32. The van der Waals surface area contributed by atoms with E-state index in [1.54, 1.807) is 12.1 Å². The maximum Gasteiger partial charge on any atom is 0.387 e. The van der Waals surface area contributed by atoms with Gasteiger partial charge in [0.15, 0.2) is 5.96 Å². The second kappa shape index (κ2) is 11.1. The molecule has 9 heteroatoms. The molecule has 0 fully saturated rings. The van der Waals surface area contributed by atoms with Gasteiger partial charge in [0, 0.05) is 12.1 Å². The Morgan fingerprint density at radius 2 is 2.00 bits per heavy atom. The average Bonchev–Trinajstić information content (AvgIpc) is 2.90. The summed E-state index contributed by atoms with van der Waals surface area (Å²) in [7, 11) is 0. The van der Waals surface area contributed by atoms with E-state index < -0.39 is 6.61 Å². The number of guanidine groups is 1. The van der Waals surface area contributed by atoms with Crippen LogP contribution in [0.2, 0.25) is 0 Å². The summed E-state index contributed by atoms with van der Waals surface area (Å²) in [5.74, 6) is 2.00. The quantitative estimate of drug-likeness (QED) is 0.345. The third-order valence-electron chi connectivity index (χ3n) is 3.66. The minimum absolute atomic E-state index is 0. The second-order valence-corrected chi connectivity index (χ2v) is 5.79. The molecular weight excluding hydrogens is 469 g/mol. The number of hydrogen-bond donors (Lipinski definition) is 2. The van der Waals surface area contributed by atoms with Crippen LogP contribution in [0.3, 0.4) is 0 Å². The maximum atomic E-state index is 12.6. The fourth-order valence-electron chi connectivity index (χ4n) is 2.32. The van der Waals surface area contributed by atoms with Crippen LogP contribution >= 0.6 is 24.0 Å². The van der Waals surface area contributed by atoms with Gasteiger partial charge in [-0.25, -0.2) is 9.98 Å². The first-order valence-electron chi connectivity index (χ1n) is 8.38. The zero-order chi connectivity index (χ0) is 19.1. The molecule has 1 aromatic carbocycles. The molecule has 1 heterocycles. The lowest BCUT2D eigenvalue weighted by Crippen LogP contribution is -2.36. The van der Waals surface area contributed by atoms with Crippen molar-refractivity contribution in [2.24, 2.45) is 4.99 Å². The summed E-state index contributed by atoms with van der Waals surface area (Å²) < 4.78 is 35.2. The van der Waals surface area contributed by atoms with Gasteiger partial charge in [0.05, 0.1) is 18.8 Å². The first kappa shape index (κ1) is 23.1. The van der Waals surface area contributed by atoms with Crippen LogP contribution in [0.1, 0.15) is 35.4 Å². The summed E-state index contributed by atoms with van der Waals surface area (Å²) in [5, 5.41) is 6.22. The molecule has 0 amide bonds. The smallest absolute Gasteiger partial charge is 0.387 e. The molecule has 0 radical (unpaired) electrons. The molecular formula is C18H25F2IN4O2. The van der Waals surface area contributed by atoms with Gasteiger partial charge in [-0.15, -0.1) is 24.0 Å². The van der Waals surface area contributed by atoms with Crippen LogP contribution in [-0.2, 0) is 13.1 Å². The Morgan fingerprint density at radius 1 is 1.26 bits per heavy atom. The molecule has 1 aromatic heterocycles. The molecule has 0 saturated carbocycles. The van der Waals surface area contributed by atoms with Crippen molar-refractivity contribution in [3.8, 4) is 5.75 Å². The minimum Gasteiger partial charge on any atom is -0.444 e. The van der Waals surface area contributed by atoms with Crippen LogP contribution in [0, 0.1) is 20.8 Å². The van der Waals surface area contributed by atoms with Crippen LogP contribution < -0.4 is 15.4 Å². The van der Waals surface area contributed by atoms with Crippen LogP contribution in [0.4, 0.5) is 8.78 Å². The second-order valence-electron chi connectivity index (χ2n) is 5.79. The Hall–Kier alpha value is -1.91. The van der Waals surface area contributed by atoms with E-state index in [1.807, 2.05) is 27.7 Å². The van der Waals surface area contributed by atoms with E-state index in [0.29, 0.717) is 30.5 Å². The number of ether oxygens (including phenoxy) is 1. The zero-order valence-corrected chi connectivity index (χ0v) is 18.1. The molecule has 2 aromatic rings. The van der Waals surface area contributed by atoms with E-state index in [2.05, 4.69) is 25.3 Å². The number of aryl methyl sites for hydroxylation is 3. The van der Waals surface area contributed by atoms with Crippen molar-refractivity contribution in [3.63, 3.8) is 0 Å². The SMILES string of the molecule is CCNC(=NCc1cc(C)ccc1OC(F)F)NCc1nc(C)c(C)o1.I. The van der Waals surface area contributed by atoms with Crippen molar-refractivity contribution < 1.29 is 17.9 Å². The van der Waals surface area contributed by atoms with Crippen LogP contribution in [-0.4, -0.2) is 24.1 Å². The van der Waals surface area contributed by atoms with E-state index in [4.69, 9.17) is 4.42 Å². The molecule has 0 bridgehead atoms. The van der Waals surface area contributed by atoms with Gasteiger partial charge >= 0.3 is 6.61 Å². The number of aliphatic imine (C=N–C) groups is 1. The van der Waals surface area contributed by atoms with Crippen molar-refractivity contribution in [1.29, 1.82) is 0 Å². The molecule has 6 nitrogen and oxygen atoms in total. The molecule has 0 aliphatic rings. The number of hydrogen-bond acceptors (Lipinski definition) is 4. The van der Waals surface area contributed by atoms with Gasteiger partial charge in [-0.1, -0.05) is 17.7 Å². The molecule has 2 N–H and O–H groups in total. The lowest BCUT2D eigenvalue weighted by molar-refractivity contribution is -0.0504. The van der Waals surface area contributed by atoms with Gasteiger partial charge in [0.25, 0.3) is 0 Å². The topological polar surface area (TPSA) is 71.7 Å². The maximum absolute atomic E-state index is 12.6. The number of alkyl halides is 2. The molecule has 0 saturated heterocycles. The minimum atomic E-state index is -2.87. The fraction of sp³-hybridized carbons (Fsp3) is 0.444. The zero-order valence-electron chi connectivity index (χ0n) is 15.8. The van der Waals surface area contributed by atoms with Gasteiger partial charge in [-0.05, 0) is 33.8 Å². The first-order chi connectivity index (χ1) is 12.4. The Kier molecular flexibility index (Phi) is 9.47. The van der Waals surface area contributed by atoms with Crippen molar-refractivity contribution in [2.75, 3.05) is 6.54 Å². The Labute approximate surface area is 174 Å². The highest BCUT2D eigenvalue weighted by molar-refractivity contribution is 14.0. The van der Waals surface area contributed by atoms with Gasteiger partial charge in [0.2, 0.25) is 5.89 Å². The lowest BCUT2D eigenvalue weighted by Gasteiger charge is -2.12. The number of rotatable bonds is 7. The van der Waals surface area contributed by atoms with Gasteiger partial charge in [-0.2, -0.15) is 8.78 Å². The standard InChI is InChI=1S/C18H24F2N4O2.HI/c1-5-21-18(23-10-16-24-12(3)13(4)25-16)22-9-14-8-11(2)6-7-15(14)26-17(19)20;/h6-8,17H,5,9-10H2,1-4H3,(H2,21,22,23);1H. The summed E-state index contributed by atoms with van der Waals surface area (Å²) >= 11 is 0. The van der Waals surface area contributed by atoms with Crippen molar-refractivity contribution >= 4 is 29.9 Å². The monoisotopic (exact) mass is 494 g/mol. The number of nitrogens with one attached hydrogen (secondary N) is 2. The average molecular weight is 494 g/mol. The predicted molar refractivity (Wildman–Crippen MR) is 111 cm³/mol. The number of aromatic nitrogens is 1. The van der Waals surface area contributed by atoms with E-state index in [9.17, 15) is 8.78 Å². The summed E-state index contributed by atoms with van der Waals surface area (Å²) in [6, 6.07) is 5.04. The highest BCUT2D eigenvalue weighted by atomic mass is 127. The summed E-state index contributed by atoms with van der Waals surface area (Å²) in [6.07, 6.45) is 0. The Balaban J connectivity index is 0.00000364. The summed E-state index contributed by atoms with van der Waals surface area (Å²) in [6.45, 7) is 5.91.